The van der Waals surface area contributed by atoms with Crippen molar-refractivity contribution >= 4 is 0 Å². The fourth-order valence-electron chi connectivity index (χ4n) is 1.81. The van der Waals surface area contributed by atoms with Crippen molar-refractivity contribution in [3.63, 3.8) is 0 Å². The van der Waals surface area contributed by atoms with Crippen LogP contribution in [0.15, 0.2) is 9.59 Å². The van der Waals surface area contributed by atoms with Crippen molar-refractivity contribution in [1.82, 2.24) is 14.5 Å². The highest BCUT2D eigenvalue weighted by atomic mass is 16.5. The van der Waals surface area contributed by atoms with E-state index < -0.39 is 11.2 Å². The van der Waals surface area contributed by atoms with Gasteiger partial charge in [0.15, 0.2) is 0 Å². The number of hydrogen-bond acceptors (Lipinski definition) is 5. The molecule has 7 heteroatoms. The van der Waals surface area contributed by atoms with E-state index in [4.69, 9.17) is 4.74 Å². The lowest BCUT2D eigenvalue weighted by Gasteiger charge is -2.14. The Hall–Kier alpha value is -1.60. The van der Waals surface area contributed by atoms with Gasteiger partial charge < -0.3 is 14.7 Å². The maximum Gasteiger partial charge on any atom is 0.331 e. The molecule has 0 atom stereocenters. The summed E-state index contributed by atoms with van der Waals surface area (Å²) in [7, 11) is 3.88. The Kier molecular flexibility index (Phi) is 5.97. The molecular weight excluding hydrogens is 262 g/mol. The van der Waals surface area contributed by atoms with Crippen molar-refractivity contribution < 1.29 is 9.84 Å². The Balaban J connectivity index is 2.78. The Labute approximate surface area is 117 Å². The minimum atomic E-state index is -0.617. The molecule has 0 bridgehead atoms. The number of aromatic hydroxyl groups is 1. The number of aromatic amines is 1. The predicted molar refractivity (Wildman–Crippen MR) is 76.4 cm³/mol. The maximum absolute atomic E-state index is 11.7. The van der Waals surface area contributed by atoms with E-state index in [1.807, 2.05) is 19.0 Å². The van der Waals surface area contributed by atoms with Crippen molar-refractivity contribution in [3.8, 4) is 5.88 Å². The summed E-state index contributed by atoms with van der Waals surface area (Å²) in [6.45, 7) is 5.39. The molecule has 0 radical (unpaired) electrons. The first-order valence-corrected chi connectivity index (χ1v) is 6.63. The summed E-state index contributed by atoms with van der Waals surface area (Å²) in [6.07, 6.45) is 0. The summed E-state index contributed by atoms with van der Waals surface area (Å²) in [4.78, 5) is 27.5. The van der Waals surface area contributed by atoms with Crippen LogP contribution >= 0.6 is 0 Å². The number of likely N-dealkylation sites (N-methyl/N-ethyl adjacent to an activating group) is 1. The minimum absolute atomic E-state index is 0.166. The molecule has 0 spiro atoms. The van der Waals surface area contributed by atoms with Gasteiger partial charge in [0.25, 0.3) is 5.56 Å². The monoisotopic (exact) mass is 285 g/mol. The van der Waals surface area contributed by atoms with Crippen LogP contribution in [0.1, 0.15) is 25.3 Å². The molecule has 7 nitrogen and oxygen atoms in total. The van der Waals surface area contributed by atoms with Crippen LogP contribution in [0.4, 0.5) is 0 Å². The summed E-state index contributed by atoms with van der Waals surface area (Å²) in [5, 5.41) is 10.0. The molecule has 0 saturated heterocycles. The minimum Gasteiger partial charge on any atom is -0.494 e. The molecule has 0 aliphatic carbocycles. The highest BCUT2D eigenvalue weighted by Crippen LogP contribution is 2.19. The fraction of sp³-hybridized carbons (Fsp3) is 0.692. The number of hydrogen-bond donors (Lipinski definition) is 2. The molecule has 0 aromatic carbocycles. The third kappa shape index (κ3) is 4.21. The molecule has 0 unspecified atom stereocenters. The van der Waals surface area contributed by atoms with E-state index in [9.17, 15) is 14.7 Å². The maximum atomic E-state index is 11.7. The summed E-state index contributed by atoms with van der Waals surface area (Å²) < 4.78 is 6.52. The standard InChI is InChI=1S/C13H23N3O4/c1-9(2)10-11(17)14-13(19)16(12(10)18)6-8-20-7-5-15(3)4/h9,18H,5-8H2,1-4H3,(H,14,17,19). The zero-order valence-electron chi connectivity index (χ0n) is 12.5. The molecule has 0 aliphatic rings. The van der Waals surface area contributed by atoms with Gasteiger partial charge in [0.1, 0.15) is 0 Å². The molecule has 0 aliphatic heterocycles. The summed E-state index contributed by atoms with van der Waals surface area (Å²) in [5.41, 5.74) is -0.932. The van der Waals surface area contributed by atoms with Crippen LogP contribution in [0.2, 0.25) is 0 Å². The molecule has 1 rings (SSSR count). The first-order valence-electron chi connectivity index (χ1n) is 6.63. The van der Waals surface area contributed by atoms with E-state index in [0.29, 0.717) is 13.2 Å². The fourth-order valence-corrected chi connectivity index (χ4v) is 1.81. The molecule has 1 aromatic rings. The lowest BCUT2D eigenvalue weighted by atomic mass is 10.1. The van der Waals surface area contributed by atoms with Gasteiger partial charge in [0.2, 0.25) is 5.88 Å². The van der Waals surface area contributed by atoms with Gasteiger partial charge in [0.05, 0.1) is 25.3 Å². The first kappa shape index (κ1) is 16.5. The smallest absolute Gasteiger partial charge is 0.331 e. The largest absolute Gasteiger partial charge is 0.494 e. The van der Waals surface area contributed by atoms with Crippen LogP contribution in [0.3, 0.4) is 0 Å². The van der Waals surface area contributed by atoms with E-state index >= 15 is 0 Å². The molecule has 0 fully saturated rings. The number of nitrogens with zero attached hydrogens (tertiary/aromatic N) is 2. The van der Waals surface area contributed by atoms with Gasteiger partial charge in [-0.1, -0.05) is 13.8 Å². The Morgan fingerprint density at radius 2 is 1.95 bits per heavy atom. The van der Waals surface area contributed by atoms with Gasteiger partial charge in [-0.2, -0.15) is 0 Å². The molecule has 2 N–H and O–H groups in total. The second-order valence-electron chi connectivity index (χ2n) is 5.22. The zero-order valence-corrected chi connectivity index (χ0v) is 12.5. The average Bonchev–Trinajstić information content (AvgIpc) is 2.30. The SMILES string of the molecule is CC(C)c1c(O)n(CCOCCN(C)C)c(=O)[nH]c1=O. The third-order valence-corrected chi connectivity index (χ3v) is 2.93. The number of rotatable bonds is 7. The topological polar surface area (TPSA) is 87.6 Å². The summed E-state index contributed by atoms with van der Waals surface area (Å²) in [5.74, 6) is -0.440. The Morgan fingerprint density at radius 1 is 1.30 bits per heavy atom. The van der Waals surface area contributed by atoms with E-state index in [-0.39, 0.29) is 23.9 Å². The molecule has 114 valence electrons. The van der Waals surface area contributed by atoms with Gasteiger partial charge in [-0.25, -0.2) is 4.79 Å². The zero-order chi connectivity index (χ0) is 15.3. The predicted octanol–water partition coefficient (Wildman–Crippen LogP) is -0.0562. The molecule has 20 heavy (non-hydrogen) atoms. The van der Waals surface area contributed by atoms with Gasteiger partial charge in [-0.3, -0.25) is 14.3 Å². The van der Waals surface area contributed by atoms with E-state index in [1.54, 1.807) is 13.8 Å². The molecule has 1 aromatic heterocycles. The van der Waals surface area contributed by atoms with Gasteiger partial charge in [-0.05, 0) is 20.0 Å². The third-order valence-electron chi connectivity index (χ3n) is 2.93. The van der Waals surface area contributed by atoms with E-state index in [1.165, 1.54) is 0 Å². The second-order valence-corrected chi connectivity index (χ2v) is 5.22. The van der Waals surface area contributed by atoms with Gasteiger partial charge in [0, 0.05) is 6.54 Å². The van der Waals surface area contributed by atoms with Crippen molar-refractivity contribution in [2.75, 3.05) is 33.9 Å². The van der Waals surface area contributed by atoms with E-state index in [0.717, 1.165) is 11.1 Å². The van der Waals surface area contributed by atoms with Crippen LogP contribution in [-0.4, -0.2) is 53.4 Å². The molecule has 0 amide bonds. The Bertz CT molecular complexity index is 546. The molecule has 1 heterocycles. The number of H-pyrrole nitrogens is 1. The van der Waals surface area contributed by atoms with Crippen LogP contribution in [0.25, 0.3) is 0 Å². The quantitative estimate of drug-likeness (QED) is 0.686. The lowest BCUT2D eigenvalue weighted by molar-refractivity contribution is 0.108. The summed E-state index contributed by atoms with van der Waals surface area (Å²) in [6, 6.07) is 0. The van der Waals surface area contributed by atoms with Crippen molar-refractivity contribution in [2.24, 2.45) is 0 Å². The van der Waals surface area contributed by atoms with Gasteiger partial charge in [-0.15, -0.1) is 0 Å². The molecular formula is C13H23N3O4. The van der Waals surface area contributed by atoms with Crippen LogP contribution < -0.4 is 11.2 Å². The molecule has 0 saturated carbocycles. The number of aromatic nitrogens is 2. The van der Waals surface area contributed by atoms with Crippen molar-refractivity contribution in [2.45, 2.75) is 26.3 Å². The normalized spacial score (nSPS) is 11.5. The Morgan fingerprint density at radius 3 is 2.50 bits per heavy atom. The second kappa shape index (κ2) is 7.25. The van der Waals surface area contributed by atoms with Crippen molar-refractivity contribution in [3.05, 3.63) is 26.4 Å². The number of nitrogens with one attached hydrogen (secondary N) is 1. The van der Waals surface area contributed by atoms with Gasteiger partial charge >= 0.3 is 5.69 Å². The van der Waals surface area contributed by atoms with Crippen molar-refractivity contribution in [1.29, 1.82) is 0 Å². The summed E-state index contributed by atoms with van der Waals surface area (Å²) >= 11 is 0. The highest BCUT2D eigenvalue weighted by Gasteiger charge is 2.16. The van der Waals surface area contributed by atoms with Crippen LogP contribution in [-0.2, 0) is 11.3 Å². The first-order chi connectivity index (χ1) is 9.34. The lowest BCUT2D eigenvalue weighted by Crippen LogP contribution is -2.33. The van der Waals surface area contributed by atoms with Crippen LogP contribution in [0, 0.1) is 0 Å². The van der Waals surface area contributed by atoms with E-state index in [2.05, 4.69) is 4.98 Å². The van der Waals surface area contributed by atoms with Crippen LogP contribution in [0.5, 0.6) is 5.88 Å². The average molecular weight is 285 g/mol. The number of ether oxygens (including phenoxy) is 1. The highest BCUT2D eigenvalue weighted by molar-refractivity contribution is 5.25.